The normalized spacial score (nSPS) is 19.9. The molecule has 1 heterocycles. The lowest BCUT2D eigenvalue weighted by atomic mass is 9.68. The average molecular weight is 396 g/mol. The molecule has 152 valence electrons. The van der Waals surface area contributed by atoms with Crippen molar-refractivity contribution in [1.82, 2.24) is 4.57 Å². The summed E-state index contributed by atoms with van der Waals surface area (Å²) in [5, 5.41) is 2.77. The van der Waals surface area contributed by atoms with Gasteiger partial charge < -0.3 is 14.6 Å². The second-order valence-corrected chi connectivity index (χ2v) is 7.68. The molecule has 0 radical (unpaired) electrons. The Balaban J connectivity index is 2.26. The predicted molar refractivity (Wildman–Crippen MR) is 108 cm³/mol. The lowest BCUT2D eigenvalue weighted by Crippen LogP contribution is -2.51. The zero-order chi connectivity index (χ0) is 21.3. The number of Topliss-reactive ketones (excluding diaryl/α,β-unsaturated/α-hetero) is 1. The maximum atomic E-state index is 13.2. The van der Waals surface area contributed by atoms with E-state index in [9.17, 15) is 19.2 Å². The number of esters is 1. The molecule has 2 aromatic rings. The van der Waals surface area contributed by atoms with E-state index in [4.69, 9.17) is 4.74 Å². The molecule has 2 unspecified atom stereocenters. The summed E-state index contributed by atoms with van der Waals surface area (Å²) in [7, 11) is 0. The number of carbonyl (C=O) groups excluding carboxylic acids is 3. The zero-order valence-corrected chi connectivity index (χ0v) is 16.9. The number of fused-ring (bicyclic) bond motifs is 1. The van der Waals surface area contributed by atoms with Crippen LogP contribution in [0.15, 0.2) is 47.4 Å². The first-order chi connectivity index (χ1) is 13.7. The topological polar surface area (TPSA) is 94.5 Å². The van der Waals surface area contributed by atoms with Crippen LogP contribution in [-0.2, 0) is 14.3 Å². The van der Waals surface area contributed by atoms with Gasteiger partial charge in [0.1, 0.15) is 12.1 Å². The van der Waals surface area contributed by atoms with Gasteiger partial charge in [-0.15, -0.1) is 0 Å². The number of nitrogens with one attached hydrogen (secondary N) is 1. The number of carbonyl (C=O) groups is 3. The van der Waals surface area contributed by atoms with E-state index < -0.39 is 23.5 Å². The summed E-state index contributed by atoms with van der Waals surface area (Å²) in [6, 6.07) is 9.02. The van der Waals surface area contributed by atoms with E-state index in [-0.39, 0.29) is 17.2 Å². The Morgan fingerprint density at radius 1 is 1.17 bits per heavy atom. The van der Waals surface area contributed by atoms with Crippen LogP contribution < -0.4 is 10.9 Å². The molecule has 7 heteroatoms. The summed E-state index contributed by atoms with van der Waals surface area (Å²) in [5.41, 5.74) is 0.149. The largest absolute Gasteiger partial charge is 0.459 e. The number of hydrogen-bond acceptors (Lipinski definition) is 5. The quantitative estimate of drug-likeness (QED) is 0.802. The number of anilines is 1. The second-order valence-electron chi connectivity index (χ2n) is 7.68. The highest BCUT2D eigenvalue weighted by Crippen LogP contribution is 2.45. The van der Waals surface area contributed by atoms with E-state index in [0.717, 1.165) is 0 Å². The van der Waals surface area contributed by atoms with E-state index in [0.29, 0.717) is 23.2 Å². The highest BCUT2D eigenvalue weighted by molar-refractivity contribution is 6.04. The molecule has 1 N–H and O–H groups in total. The van der Waals surface area contributed by atoms with Crippen molar-refractivity contribution in [3.05, 3.63) is 64.1 Å². The SMILES string of the molecule is CCC(=O)Nc1ccc2c(c1)C(n1ccccc1=O)C(OC(C)=O)C(C)(C)C2=O. The van der Waals surface area contributed by atoms with Crippen molar-refractivity contribution in [2.75, 3.05) is 5.32 Å². The van der Waals surface area contributed by atoms with Crippen LogP contribution in [0, 0.1) is 5.41 Å². The molecule has 3 rings (SSSR count). The standard InChI is InChI=1S/C22H24N2O5/c1-5-17(26)23-14-9-10-15-16(12-14)19(24-11-7-6-8-18(24)27)21(29-13(2)25)22(3,4)20(15)28/h6-12,19,21H,5H2,1-4H3,(H,23,26). The van der Waals surface area contributed by atoms with Crippen molar-refractivity contribution in [1.29, 1.82) is 0 Å². The minimum Gasteiger partial charge on any atom is -0.459 e. The highest BCUT2D eigenvalue weighted by Gasteiger charge is 2.51. The van der Waals surface area contributed by atoms with Crippen molar-refractivity contribution < 1.29 is 19.1 Å². The van der Waals surface area contributed by atoms with Gasteiger partial charge in [-0.05, 0) is 43.7 Å². The van der Waals surface area contributed by atoms with Crippen molar-refractivity contribution in [3.63, 3.8) is 0 Å². The smallest absolute Gasteiger partial charge is 0.303 e. The first-order valence-electron chi connectivity index (χ1n) is 9.49. The van der Waals surface area contributed by atoms with Crippen LogP contribution >= 0.6 is 0 Å². The van der Waals surface area contributed by atoms with E-state index in [1.807, 2.05) is 0 Å². The number of nitrogens with zero attached hydrogens (tertiary/aromatic N) is 1. The Kier molecular flexibility index (Phi) is 5.42. The summed E-state index contributed by atoms with van der Waals surface area (Å²) in [4.78, 5) is 49.5. The van der Waals surface area contributed by atoms with Gasteiger partial charge in [0, 0.05) is 36.9 Å². The van der Waals surface area contributed by atoms with Gasteiger partial charge >= 0.3 is 5.97 Å². The molecule has 0 fully saturated rings. The Bertz CT molecular complexity index is 1040. The fourth-order valence-corrected chi connectivity index (χ4v) is 3.73. The molecule has 0 spiro atoms. The molecule has 1 aromatic heterocycles. The van der Waals surface area contributed by atoms with Crippen molar-refractivity contribution >= 4 is 23.3 Å². The second kappa shape index (κ2) is 7.66. The summed E-state index contributed by atoms with van der Waals surface area (Å²) >= 11 is 0. The van der Waals surface area contributed by atoms with E-state index in [1.165, 1.54) is 17.6 Å². The predicted octanol–water partition coefficient (Wildman–Crippen LogP) is 2.94. The Morgan fingerprint density at radius 2 is 1.90 bits per heavy atom. The molecule has 2 atom stereocenters. The molecule has 1 aromatic carbocycles. The highest BCUT2D eigenvalue weighted by atomic mass is 16.5. The van der Waals surface area contributed by atoms with E-state index in [1.54, 1.807) is 57.3 Å². The summed E-state index contributed by atoms with van der Waals surface area (Å²) in [6.45, 7) is 6.43. The van der Waals surface area contributed by atoms with Gasteiger partial charge in [0.15, 0.2) is 5.78 Å². The fourth-order valence-electron chi connectivity index (χ4n) is 3.73. The van der Waals surface area contributed by atoms with Gasteiger partial charge in [-0.3, -0.25) is 19.2 Å². The maximum absolute atomic E-state index is 13.2. The molecule has 29 heavy (non-hydrogen) atoms. The number of amides is 1. The summed E-state index contributed by atoms with van der Waals surface area (Å²) in [6.07, 6.45) is 1.02. The molecule has 0 saturated carbocycles. The van der Waals surface area contributed by atoms with Crippen molar-refractivity contribution in [3.8, 4) is 0 Å². The van der Waals surface area contributed by atoms with Crippen LogP contribution in [0.1, 0.15) is 56.1 Å². The van der Waals surface area contributed by atoms with Gasteiger partial charge in [0.25, 0.3) is 5.56 Å². The van der Waals surface area contributed by atoms with E-state index >= 15 is 0 Å². The van der Waals surface area contributed by atoms with Crippen LogP contribution in [0.4, 0.5) is 5.69 Å². The third-order valence-corrected chi connectivity index (χ3v) is 5.25. The molecular weight excluding hydrogens is 372 g/mol. The first-order valence-corrected chi connectivity index (χ1v) is 9.49. The molecule has 1 aliphatic carbocycles. The third kappa shape index (κ3) is 3.72. The van der Waals surface area contributed by atoms with Gasteiger partial charge in [0.05, 0.1) is 5.41 Å². The molecule has 7 nitrogen and oxygen atoms in total. The average Bonchev–Trinajstić information content (AvgIpc) is 2.67. The number of rotatable bonds is 4. The van der Waals surface area contributed by atoms with E-state index in [2.05, 4.69) is 5.32 Å². The Morgan fingerprint density at radius 3 is 2.52 bits per heavy atom. The number of ketones is 1. The number of pyridine rings is 1. The van der Waals surface area contributed by atoms with Crippen LogP contribution in [0.5, 0.6) is 0 Å². The lowest BCUT2D eigenvalue weighted by molar-refractivity contribution is -0.153. The van der Waals surface area contributed by atoms with Gasteiger partial charge in [-0.1, -0.05) is 13.0 Å². The molecule has 1 aliphatic rings. The Labute approximate surface area is 168 Å². The number of benzene rings is 1. The van der Waals surface area contributed by atoms with Gasteiger partial charge in [-0.25, -0.2) is 0 Å². The van der Waals surface area contributed by atoms with Crippen LogP contribution in [0.3, 0.4) is 0 Å². The fraction of sp³-hybridized carbons (Fsp3) is 0.364. The molecular formula is C22H24N2O5. The minimum absolute atomic E-state index is 0.169. The number of hydrogen-bond donors (Lipinski definition) is 1. The monoisotopic (exact) mass is 396 g/mol. The third-order valence-electron chi connectivity index (χ3n) is 5.25. The van der Waals surface area contributed by atoms with Crippen LogP contribution in [0.25, 0.3) is 0 Å². The van der Waals surface area contributed by atoms with Crippen LogP contribution in [0.2, 0.25) is 0 Å². The summed E-state index contributed by atoms with van der Waals surface area (Å²) < 4.78 is 7.06. The number of aromatic nitrogens is 1. The van der Waals surface area contributed by atoms with Gasteiger partial charge in [0.2, 0.25) is 5.91 Å². The van der Waals surface area contributed by atoms with Crippen LogP contribution in [-0.4, -0.2) is 28.3 Å². The molecule has 0 saturated heterocycles. The molecule has 1 amide bonds. The zero-order valence-electron chi connectivity index (χ0n) is 16.9. The first kappa shape index (κ1) is 20.5. The minimum atomic E-state index is -1.05. The molecule has 0 bridgehead atoms. The maximum Gasteiger partial charge on any atom is 0.303 e. The van der Waals surface area contributed by atoms with Crippen molar-refractivity contribution in [2.24, 2.45) is 5.41 Å². The summed E-state index contributed by atoms with van der Waals surface area (Å²) in [5.74, 6) is -0.895. The van der Waals surface area contributed by atoms with Gasteiger partial charge in [-0.2, -0.15) is 0 Å². The number of ether oxygens (including phenoxy) is 1. The lowest BCUT2D eigenvalue weighted by Gasteiger charge is -2.43. The van der Waals surface area contributed by atoms with Crippen molar-refractivity contribution in [2.45, 2.75) is 46.3 Å². The Hall–Kier alpha value is -3.22. The molecule has 0 aliphatic heterocycles.